The van der Waals surface area contributed by atoms with Crippen molar-refractivity contribution >= 4 is 7.14 Å². The van der Waals surface area contributed by atoms with Crippen LogP contribution in [0.1, 0.15) is 18.7 Å². The molecule has 2 rings (SSSR count). The van der Waals surface area contributed by atoms with Gasteiger partial charge in [0.15, 0.2) is 6.23 Å². The van der Waals surface area contributed by atoms with Crippen molar-refractivity contribution in [1.82, 2.24) is 9.55 Å². The monoisotopic (exact) mass is 360 g/mol. The number of methoxy groups -OCH3 is 1. The van der Waals surface area contributed by atoms with Gasteiger partial charge in [-0.2, -0.15) is 0 Å². The first-order chi connectivity index (χ1) is 11.0. The van der Waals surface area contributed by atoms with Crippen LogP contribution in [0.4, 0.5) is 0 Å². The number of rotatable bonds is 5. The minimum absolute atomic E-state index is 0.178. The van der Waals surface area contributed by atoms with Crippen molar-refractivity contribution < 1.29 is 19.1 Å². The van der Waals surface area contributed by atoms with E-state index in [-0.39, 0.29) is 5.92 Å². The summed E-state index contributed by atoms with van der Waals surface area (Å²) in [5.74, 6) is -0.178. The SMILES string of the molecule is CO[C@@H]1[C@H](O)[C@@H]([C@@H](C)CP(C)(C)=O)O[C@H]1n1cc(C)c(=O)[nH]c1=O. The Morgan fingerprint density at radius 2 is 2.08 bits per heavy atom. The minimum atomic E-state index is -2.29. The lowest BCUT2D eigenvalue weighted by atomic mass is 10.00. The minimum Gasteiger partial charge on any atom is -0.387 e. The van der Waals surface area contributed by atoms with E-state index in [9.17, 15) is 19.3 Å². The Labute approximate surface area is 140 Å². The zero-order valence-electron chi connectivity index (χ0n) is 14.6. The Morgan fingerprint density at radius 3 is 2.62 bits per heavy atom. The van der Waals surface area contributed by atoms with Crippen LogP contribution in [0.2, 0.25) is 0 Å². The maximum atomic E-state index is 12.1. The summed E-state index contributed by atoms with van der Waals surface area (Å²) in [6.45, 7) is 6.80. The molecule has 0 unspecified atom stereocenters. The number of ether oxygens (including phenoxy) is 2. The van der Waals surface area contributed by atoms with E-state index in [2.05, 4.69) is 4.98 Å². The molecule has 0 bridgehead atoms. The Hall–Kier alpha value is -1.21. The number of hydrogen-bond donors (Lipinski definition) is 2. The van der Waals surface area contributed by atoms with E-state index >= 15 is 0 Å². The van der Waals surface area contributed by atoms with Crippen LogP contribution in [0, 0.1) is 12.8 Å². The quantitative estimate of drug-likeness (QED) is 0.735. The first-order valence-corrected chi connectivity index (χ1v) is 10.6. The summed E-state index contributed by atoms with van der Waals surface area (Å²) < 4.78 is 24.5. The van der Waals surface area contributed by atoms with Crippen LogP contribution in [-0.4, -0.2) is 59.6 Å². The van der Waals surface area contributed by atoms with E-state index in [1.54, 1.807) is 20.3 Å². The summed E-state index contributed by atoms with van der Waals surface area (Å²) in [5, 5.41) is 10.5. The number of aliphatic hydroxyl groups excluding tert-OH is 1. The van der Waals surface area contributed by atoms with Crippen LogP contribution >= 0.6 is 7.14 Å². The first-order valence-electron chi connectivity index (χ1n) is 7.77. The average Bonchev–Trinajstić information content (AvgIpc) is 2.77. The number of nitrogens with one attached hydrogen (secondary N) is 1. The Balaban J connectivity index is 2.35. The van der Waals surface area contributed by atoms with Crippen LogP contribution in [0.3, 0.4) is 0 Å². The van der Waals surface area contributed by atoms with Crippen molar-refractivity contribution in [1.29, 1.82) is 0 Å². The van der Waals surface area contributed by atoms with Crippen LogP contribution in [0.5, 0.6) is 0 Å². The van der Waals surface area contributed by atoms with Gasteiger partial charge in [-0.05, 0) is 26.2 Å². The van der Waals surface area contributed by atoms with Crippen molar-refractivity contribution in [2.45, 2.75) is 38.4 Å². The molecule has 136 valence electrons. The van der Waals surface area contributed by atoms with Gasteiger partial charge in [0, 0.05) is 25.0 Å². The summed E-state index contributed by atoms with van der Waals surface area (Å²) in [5.41, 5.74) is -0.743. The van der Waals surface area contributed by atoms with Crippen LogP contribution in [-0.2, 0) is 14.0 Å². The lowest BCUT2D eigenvalue weighted by molar-refractivity contribution is -0.0615. The van der Waals surface area contributed by atoms with Crippen LogP contribution < -0.4 is 11.2 Å². The number of aromatic nitrogens is 2. The van der Waals surface area contributed by atoms with Gasteiger partial charge in [-0.25, -0.2) is 4.79 Å². The molecule has 0 spiro atoms. The predicted molar refractivity (Wildman–Crippen MR) is 90.3 cm³/mol. The van der Waals surface area contributed by atoms with Crippen LogP contribution in [0.25, 0.3) is 0 Å². The summed E-state index contributed by atoms with van der Waals surface area (Å²) in [4.78, 5) is 25.8. The number of aliphatic hydroxyl groups is 1. The maximum Gasteiger partial charge on any atom is 0.330 e. The lowest BCUT2D eigenvalue weighted by Gasteiger charge is -2.23. The van der Waals surface area contributed by atoms with Gasteiger partial charge in [-0.1, -0.05) is 6.92 Å². The summed E-state index contributed by atoms with van der Waals surface area (Å²) in [6.07, 6.45) is -1.42. The fraction of sp³-hybridized carbons (Fsp3) is 0.733. The molecule has 2 N–H and O–H groups in total. The summed E-state index contributed by atoms with van der Waals surface area (Å²) in [7, 11) is -0.871. The van der Waals surface area contributed by atoms with Crippen molar-refractivity contribution in [2.24, 2.45) is 5.92 Å². The molecule has 0 aromatic carbocycles. The second-order valence-corrected chi connectivity index (χ2v) is 10.4. The van der Waals surface area contributed by atoms with E-state index in [0.717, 1.165) is 0 Å². The third-order valence-electron chi connectivity index (χ3n) is 4.23. The van der Waals surface area contributed by atoms with E-state index in [1.807, 2.05) is 6.92 Å². The molecule has 24 heavy (non-hydrogen) atoms. The van der Waals surface area contributed by atoms with Gasteiger partial charge < -0.3 is 19.1 Å². The van der Waals surface area contributed by atoms with Gasteiger partial charge >= 0.3 is 5.69 Å². The number of aryl methyl sites for hydroxylation is 1. The van der Waals surface area contributed by atoms with E-state index < -0.39 is 42.9 Å². The molecule has 2 heterocycles. The Bertz CT molecular complexity index is 751. The second-order valence-electron chi connectivity index (χ2n) is 6.89. The highest BCUT2D eigenvalue weighted by Crippen LogP contribution is 2.42. The lowest BCUT2D eigenvalue weighted by Crippen LogP contribution is -2.39. The van der Waals surface area contributed by atoms with Gasteiger partial charge in [-0.15, -0.1) is 0 Å². The zero-order valence-corrected chi connectivity index (χ0v) is 15.4. The van der Waals surface area contributed by atoms with Gasteiger partial charge in [0.1, 0.15) is 12.2 Å². The molecule has 8 nitrogen and oxygen atoms in total. The molecule has 1 fully saturated rings. The molecule has 1 aliphatic heterocycles. The highest BCUT2D eigenvalue weighted by Gasteiger charge is 2.47. The molecule has 0 amide bonds. The van der Waals surface area contributed by atoms with Gasteiger partial charge in [0.05, 0.1) is 13.2 Å². The molecule has 0 radical (unpaired) electrons. The number of aromatic amines is 1. The zero-order chi connectivity index (χ0) is 18.2. The van der Waals surface area contributed by atoms with E-state index in [1.165, 1.54) is 17.9 Å². The van der Waals surface area contributed by atoms with Crippen molar-refractivity contribution in [3.8, 4) is 0 Å². The maximum absolute atomic E-state index is 12.1. The normalized spacial score (nSPS) is 28.9. The molecule has 5 atom stereocenters. The molecular weight excluding hydrogens is 335 g/mol. The van der Waals surface area contributed by atoms with E-state index in [0.29, 0.717) is 11.7 Å². The molecular formula is C15H25N2O6P. The fourth-order valence-electron chi connectivity index (χ4n) is 3.20. The third-order valence-corrected chi connectivity index (χ3v) is 5.69. The second kappa shape index (κ2) is 6.96. The van der Waals surface area contributed by atoms with Gasteiger partial charge in [-0.3, -0.25) is 14.3 Å². The standard InChI is InChI=1S/C15H25N2O6P/c1-8-6-17(15(20)16-13(8)19)14-12(22-3)10(18)11(23-14)9(2)7-24(4,5)21/h6,9-12,14,18H,7H2,1-5H3,(H,16,19,20)/t9-,10+,11+,12+,14+/m0/s1. The molecule has 1 aromatic rings. The molecule has 0 aliphatic carbocycles. The number of hydrogen-bond acceptors (Lipinski definition) is 6. The Kier molecular flexibility index (Phi) is 5.54. The summed E-state index contributed by atoms with van der Waals surface area (Å²) in [6, 6.07) is 0. The topological polar surface area (TPSA) is 111 Å². The predicted octanol–water partition coefficient (Wildman–Crippen LogP) is 0.377. The van der Waals surface area contributed by atoms with Crippen molar-refractivity contribution in [2.75, 3.05) is 26.6 Å². The molecule has 0 saturated carbocycles. The molecule has 1 aromatic heterocycles. The fourth-order valence-corrected chi connectivity index (χ4v) is 4.79. The van der Waals surface area contributed by atoms with E-state index in [4.69, 9.17) is 9.47 Å². The van der Waals surface area contributed by atoms with Crippen molar-refractivity contribution in [3.05, 3.63) is 32.6 Å². The van der Waals surface area contributed by atoms with Crippen LogP contribution in [0.15, 0.2) is 15.8 Å². The van der Waals surface area contributed by atoms with Crippen molar-refractivity contribution in [3.63, 3.8) is 0 Å². The first kappa shape index (κ1) is 19.1. The number of nitrogens with zero attached hydrogens (tertiary/aromatic N) is 1. The highest BCUT2D eigenvalue weighted by atomic mass is 31.2. The smallest absolute Gasteiger partial charge is 0.330 e. The highest BCUT2D eigenvalue weighted by molar-refractivity contribution is 7.62. The molecule has 1 aliphatic rings. The molecule has 9 heteroatoms. The number of H-pyrrole nitrogens is 1. The molecule has 1 saturated heterocycles. The van der Waals surface area contributed by atoms with Gasteiger partial charge in [0.2, 0.25) is 0 Å². The summed E-state index contributed by atoms with van der Waals surface area (Å²) >= 11 is 0. The van der Waals surface area contributed by atoms with Gasteiger partial charge in [0.25, 0.3) is 5.56 Å². The average molecular weight is 360 g/mol. The Morgan fingerprint density at radius 1 is 1.46 bits per heavy atom. The third kappa shape index (κ3) is 3.88. The largest absolute Gasteiger partial charge is 0.387 e.